The van der Waals surface area contributed by atoms with Crippen molar-refractivity contribution in [3.8, 4) is 0 Å². The summed E-state index contributed by atoms with van der Waals surface area (Å²) >= 11 is 0. The van der Waals surface area contributed by atoms with Crippen LogP contribution in [0.15, 0.2) is 12.3 Å². The standard InChI is InChI=1S/C16H28N4/c1-2-20-15(9-10-18-20)16(19-17)14-8-7-12-5-3-4-6-13(12)11-14/h9-10,12-14,16,19H,2-8,11,17H2,1H3. The molecule has 1 aromatic rings. The van der Waals surface area contributed by atoms with E-state index in [1.165, 1.54) is 50.6 Å². The molecular weight excluding hydrogens is 248 g/mol. The SMILES string of the molecule is CCn1nccc1C(NN)C1CCC2CCCCC2C1. The molecule has 4 unspecified atom stereocenters. The fraction of sp³-hybridized carbons (Fsp3) is 0.812. The van der Waals surface area contributed by atoms with Gasteiger partial charge in [0.25, 0.3) is 0 Å². The molecule has 0 bridgehead atoms. The fourth-order valence-electron chi connectivity index (χ4n) is 4.55. The molecule has 1 heterocycles. The van der Waals surface area contributed by atoms with Gasteiger partial charge >= 0.3 is 0 Å². The highest BCUT2D eigenvalue weighted by Crippen LogP contribution is 2.45. The Morgan fingerprint density at radius 1 is 1.30 bits per heavy atom. The zero-order valence-electron chi connectivity index (χ0n) is 12.6. The number of aryl methyl sites for hydroxylation is 1. The second-order valence-corrected chi connectivity index (χ2v) is 6.59. The lowest BCUT2D eigenvalue weighted by atomic mass is 9.66. The Morgan fingerprint density at radius 3 is 2.85 bits per heavy atom. The molecule has 2 saturated carbocycles. The molecule has 0 spiro atoms. The summed E-state index contributed by atoms with van der Waals surface area (Å²) in [6, 6.07) is 2.39. The Morgan fingerprint density at radius 2 is 2.10 bits per heavy atom. The van der Waals surface area contributed by atoms with E-state index >= 15 is 0 Å². The van der Waals surface area contributed by atoms with Crippen LogP contribution in [0.3, 0.4) is 0 Å². The first-order chi connectivity index (χ1) is 9.83. The molecule has 2 aliphatic rings. The van der Waals surface area contributed by atoms with Crippen LogP contribution in [0.1, 0.15) is 63.6 Å². The van der Waals surface area contributed by atoms with E-state index < -0.39 is 0 Å². The molecule has 0 radical (unpaired) electrons. The summed E-state index contributed by atoms with van der Waals surface area (Å²) in [4.78, 5) is 0. The normalized spacial score (nSPS) is 31.8. The maximum absolute atomic E-state index is 5.90. The fourth-order valence-corrected chi connectivity index (χ4v) is 4.55. The summed E-state index contributed by atoms with van der Waals surface area (Å²) in [7, 11) is 0. The number of rotatable bonds is 4. The Hall–Kier alpha value is -0.870. The maximum atomic E-state index is 5.90. The third-order valence-electron chi connectivity index (χ3n) is 5.60. The zero-order chi connectivity index (χ0) is 13.9. The van der Waals surface area contributed by atoms with Gasteiger partial charge in [0.2, 0.25) is 0 Å². The Labute approximate surface area is 122 Å². The summed E-state index contributed by atoms with van der Waals surface area (Å²) in [5, 5.41) is 4.40. The minimum Gasteiger partial charge on any atom is -0.271 e. The quantitative estimate of drug-likeness (QED) is 0.656. The van der Waals surface area contributed by atoms with E-state index in [1.807, 2.05) is 6.20 Å². The van der Waals surface area contributed by atoms with Gasteiger partial charge in [-0.15, -0.1) is 0 Å². The van der Waals surface area contributed by atoms with E-state index in [0.717, 1.165) is 18.4 Å². The van der Waals surface area contributed by atoms with Crippen molar-refractivity contribution in [3.05, 3.63) is 18.0 Å². The second kappa shape index (κ2) is 6.27. The van der Waals surface area contributed by atoms with E-state index in [1.54, 1.807) is 0 Å². The van der Waals surface area contributed by atoms with Gasteiger partial charge in [-0.1, -0.05) is 25.7 Å². The van der Waals surface area contributed by atoms with Crippen LogP contribution in [0.4, 0.5) is 0 Å². The molecule has 4 heteroatoms. The topological polar surface area (TPSA) is 55.9 Å². The van der Waals surface area contributed by atoms with Crippen molar-refractivity contribution in [1.29, 1.82) is 0 Å². The zero-order valence-corrected chi connectivity index (χ0v) is 12.6. The van der Waals surface area contributed by atoms with Gasteiger partial charge in [-0.2, -0.15) is 5.10 Å². The van der Waals surface area contributed by atoms with Crippen molar-refractivity contribution in [1.82, 2.24) is 15.2 Å². The van der Waals surface area contributed by atoms with Gasteiger partial charge in [-0.05, 0) is 50.0 Å². The number of fused-ring (bicyclic) bond motifs is 1. The summed E-state index contributed by atoms with van der Waals surface area (Å²) in [6.45, 7) is 3.06. The Bertz CT molecular complexity index is 428. The van der Waals surface area contributed by atoms with Gasteiger partial charge in [-0.3, -0.25) is 16.0 Å². The summed E-state index contributed by atoms with van der Waals surface area (Å²) in [5.74, 6) is 8.50. The third-order valence-corrected chi connectivity index (χ3v) is 5.60. The summed E-state index contributed by atoms with van der Waals surface area (Å²) < 4.78 is 2.08. The monoisotopic (exact) mass is 276 g/mol. The molecule has 3 N–H and O–H groups in total. The lowest BCUT2D eigenvalue weighted by molar-refractivity contribution is 0.107. The summed E-state index contributed by atoms with van der Waals surface area (Å²) in [6.07, 6.45) is 11.7. The largest absolute Gasteiger partial charge is 0.271 e. The van der Waals surface area contributed by atoms with Gasteiger partial charge in [0.15, 0.2) is 0 Å². The highest BCUT2D eigenvalue weighted by atomic mass is 15.3. The molecule has 4 nitrogen and oxygen atoms in total. The molecule has 20 heavy (non-hydrogen) atoms. The molecule has 3 rings (SSSR count). The van der Waals surface area contributed by atoms with Crippen molar-refractivity contribution < 1.29 is 0 Å². The van der Waals surface area contributed by atoms with Crippen LogP contribution in [0.5, 0.6) is 0 Å². The number of nitrogens with zero attached hydrogens (tertiary/aromatic N) is 2. The number of hydrogen-bond donors (Lipinski definition) is 2. The number of aromatic nitrogens is 2. The smallest absolute Gasteiger partial charge is 0.0657 e. The van der Waals surface area contributed by atoms with Gasteiger partial charge in [0, 0.05) is 12.7 Å². The molecule has 0 saturated heterocycles. The first-order valence-corrected chi connectivity index (χ1v) is 8.31. The molecule has 4 atom stereocenters. The number of nitrogens with two attached hydrogens (primary N) is 1. The van der Waals surface area contributed by atoms with Crippen molar-refractivity contribution in [3.63, 3.8) is 0 Å². The Balaban J connectivity index is 1.73. The first kappa shape index (κ1) is 14.1. The third kappa shape index (κ3) is 2.63. The average molecular weight is 276 g/mol. The van der Waals surface area contributed by atoms with Gasteiger partial charge in [0.05, 0.1) is 11.7 Å². The van der Waals surface area contributed by atoms with Gasteiger partial charge in [0.1, 0.15) is 0 Å². The molecule has 112 valence electrons. The van der Waals surface area contributed by atoms with E-state index in [0.29, 0.717) is 5.92 Å². The van der Waals surface area contributed by atoms with Crippen LogP contribution in [0.2, 0.25) is 0 Å². The van der Waals surface area contributed by atoms with Crippen molar-refractivity contribution in [2.24, 2.45) is 23.6 Å². The van der Waals surface area contributed by atoms with Crippen molar-refractivity contribution >= 4 is 0 Å². The maximum Gasteiger partial charge on any atom is 0.0657 e. The highest BCUT2D eigenvalue weighted by molar-refractivity contribution is 5.09. The van der Waals surface area contributed by atoms with Crippen molar-refractivity contribution in [2.75, 3.05) is 0 Å². The first-order valence-electron chi connectivity index (χ1n) is 8.31. The minimum atomic E-state index is 0.264. The van der Waals surface area contributed by atoms with Crippen LogP contribution in [0.25, 0.3) is 0 Å². The molecule has 1 aromatic heterocycles. The number of hydrazine groups is 1. The number of hydrogen-bond acceptors (Lipinski definition) is 3. The number of nitrogens with one attached hydrogen (secondary N) is 1. The van der Waals surface area contributed by atoms with Crippen LogP contribution in [-0.4, -0.2) is 9.78 Å². The molecular formula is C16H28N4. The molecule has 0 aromatic carbocycles. The average Bonchev–Trinajstić information content (AvgIpc) is 2.96. The molecule has 0 aliphatic heterocycles. The molecule has 2 fully saturated rings. The van der Waals surface area contributed by atoms with Crippen molar-refractivity contribution in [2.45, 2.75) is 64.5 Å². The lowest BCUT2D eigenvalue weighted by Crippen LogP contribution is -2.39. The molecule has 0 amide bonds. The Kier molecular flexibility index (Phi) is 4.41. The minimum absolute atomic E-state index is 0.264. The van der Waals surface area contributed by atoms with Crippen LogP contribution < -0.4 is 11.3 Å². The summed E-state index contributed by atoms with van der Waals surface area (Å²) in [5.41, 5.74) is 4.34. The van der Waals surface area contributed by atoms with E-state index in [4.69, 9.17) is 5.84 Å². The predicted octanol–water partition coefficient (Wildman–Crippen LogP) is 3.01. The second-order valence-electron chi connectivity index (χ2n) is 6.59. The van der Waals surface area contributed by atoms with Crippen LogP contribution >= 0.6 is 0 Å². The van der Waals surface area contributed by atoms with Crippen LogP contribution in [0, 0.1) is 17.8 Å². The van der Waals surface area contributed by atoms with E-state index in [9.17, 15) is 0 Å². The lowest BCUT2D eigenvalue weighted by Gasteiger charge is -2.41. The predicted molar refractivity (Wildman–Crippen MR) is 80.8 cm³/mol. The van der Waals surface area contributed by atoms with Gasteiger partial charge < -0.3 is 0 Å². The highest BCUT2D eigenvalue weighted by Gasteiger charge is 2.36. The van der Waals surface area contributed by atoms with E-state index in [-0.39, 0.29) is 6.04 Å². The van der Waals surface area contributed by atoms with Crippen LogP contribution in [-0.2, 0) is 6.54 Å². The van der Waals surface area contributed by atoms with E-state index in [2.05, 4.69) is 28.2 Å². The molecule has 2 aliphatic carbocycles. The van der Waals surface area contributed by atoms with Gasteiger partial charge in [-0.25, -0.2) is 0 Å².